The lowest BCUT2D eigenvalue weighted by Crippen LogP contribution is -2.54. The summed E-state index contributed by atoms with van der Waals surface area (Å²) in [4.78, 5) is 7.48. The Bertz CT molecular complexity index is 872. The summed E-state index contributed by atoms with van der Waals surface area (Å²) in [6.07, 6.45) is 5.07. The molecule has 0 saturated heterocycles. The number of rotatable bonds is 1. The second-order valence-electron chi connectivity index (χ2n) is 8.26. The van der Waals surface area contributed by atoms with E-state index in [1.165, 1.54) is 22.0 Å². The zero-order chi connectivity index (χ0) is 17.3. The molecule has 3 heteroatoms. The summed E-state index contributed by atoms with van der Waals surface area (Å²) >= 11 is 6.85. The van der Waals surface area contributed by atoms with Crippen molar-refractivity contribution in [2.75, 3.05) is 0 Å². The van der Waals surface area contributed by atoms with Gasteiger partial charge in [0.25, 0.3) is 0 Å². The van der Waals surface area contributed by atoms with E-state index in [2.05, 4.69) is 61.6 Å². The summed E-state index contributed by atoms with van der Waals surface area (Å²) < 4.78 is 0. The lowest BCUT2D eigenvalue weighted by atomic mass is 9.51. The highest BCUT2D eigenvalue weighted by molar-refractivity contribution is 6.22. The molecule has 1 aromatic heterocycles. The number of H-pyrrole nitrogens is 1. The first-order chi connectivity index (χ1) is 11.3. The molecule has 1 fully saturated rings. The molecular formula is C21H23ClN2. The fourth-order valence-electron chi connectivity index (χ4n) is 5.32. The molecule has 2 aliphatic rings. The van der Waals surface area contributed by atoms with Gasteiger partial charge in [-0.25, -0.2) is 6.57 Å². The maximum absolute atomic E-state index is 7.87. The zero-order valence-corrected chi connectivity index (χ0v) is 15.2. The SMILES string of the molecule is [C-]#[N+][C@H]1[C@H]2[C@H](C[C@](C)(C=C)[C@H]1Cl)c1c[nH]c3cccc(c13)C2(C)C. The Morgan fingerprint density at radius 1 is 1.38 bits per heavy atom. The van der Waals surface area contributed by atoms with E-state index in [0.717, 1.165) is 6.42 Å². The maximum atomic E-state index is 7.87. The van der Waals surface area contributed by atoms with Gasteiger partial charge in [-0.2, -0.15) is 0 Å². The van der Waals surface area contributed by atoms with Crippen LogP contribution in [0.1, 0.15) is 44.2 Å². The summed E-state index contributed by atoms with van der Waals surface area (Å²) in [5.41, 5.74) is 3.60. The molecular weight excluding hydrogens is 316 g/mol. The van der Waals surface area contributed by atoms with Crippen LogP contribution in [0.4, 0.5) is 0 Å². The molecule has 2 nitrogen and oxygen atoms in total. The van der Waals surface area contributed by atoms with Crippen molar-refractivity contribution in [2.24, 2.45) is 11.3 Å². The normalized spacial score (nSPS) is 36.8. The Morgan fingerprint density at radius 3 is 2.79 bits per heavy atom. The van der Waals surface area contributed by atoms with Gasteiger partial charge >= 0.3 is 0 Å². The van der Waals surface area contributed by atoms with E-state index in [9.17, 15) is 0 Å². The van der Waals surface area contributed by atoms with Crippen LogP contribution in [-0.4, -0.2) is 16.4 Å². The van der Waals surface area contributed by atoms with Crippen LogP contribution in [-0.2, 0) is 5.41 Å². The predicted molar refractivity (Wildman–Crippen MR) is 101 cm³/mol. The highest BCUT2D eigenvalue weighted by Crippen LogP contribution is 2.60. The van der Waals surface area contributed by atoms with Crippen LogP contribution in [0.15, 0.2) is 37.1 Å². The van der Waals surface area contributed by atoms with E-state index < -0.39 is 0 Å². The first kappa shape index (κ1) is 15.8. The first-order valence-corrected chi connectivity index (χ1v) is 9.03. The molecule has 0 aliphatic heterocycles. The number of nitrogens with one attached hydrogen (secondary N) is 1. The minimum absolute atomic E-state index is 0.0791. The number of nitrogens with zero attached hydrogens (tertiary/aromatic N) is 1. The molecule has 2 aliphatic carbocycles. The Hall–Kier alpha value is -1.72. The third-order valence-corrected chi connectivity index (χ3v) is 7.43. The van der Waals surface area contributed by atoms with Gasteiger partial charge in [0.1, 0.15) is 5.38 Å². The van der Waals surface area contributed by atoms with Crippen LogP contribution in [0, 0.1) is 17.9 Å². The van der Waals surface area contributed by atoms with E-state index in [4.69, 9.17) is 18.2 Å². The second kappa shape index (κ2) is 4.90. The van der Waals surface area contributed by atoms with Crippen molar-refractivity contribution < 1.29 is 0 Å². The van der Waals surface area contributed by atoms with Gasteiger partial charge in [0.15, 0.2) is 0 Å². The van der Waals surface area contributed by atoms with Gasteiger partial charge in [0, 0.05) is 27.9 Å². The van der Waals surface area contributed by atoms with Gasteiger partial charge in [0.05, 0.1) is 5.92 Å². The maximum Gasteiger partial charge on any atom is 0.244 e. The quantitative estimate of drug-likeness (QED) is 0.394. The molecule has 0 spiro atoms. The van der Waals surface area contributed by atoms with Crippen molar-refractivity contribution in [3.8, 4) is 0 Å². The van der Waals surface area contributed by atoms with Gasteiger partial charge in [0.2, 0.25) is 6.04 Å². The third kappa shape index (κ3) is 1.77. The van der Waals surface area contributed by atoms with Crippen LogP contribution in [0.25, 0.3) is 15.7 Å². The molecule has 0 bridgehead atoms. The highest BCUT2D eigenvalue weighted by atomic mass is 35.5. The van der Waals surface area contributed by atoms with Crippen molar-refractivity contribution in [1.29, 1.82) is 0 Å². The van der Waals surface area contributed by atoms with Crippen molar-refractivity contribution in [2.45, 2.75) is 49.9 Å². The van der Waals surface area contributed by atoms with Crippen LogP contribution in [0.5, 0.6) is 0 Å². The van der Waals surface area contributed by atoms with E-state index in [1.807, 2.05) is 6.08 Å². The fraction of sp³-hybridized carbons (Fsp3) is 0.476. The van der Waals surface area contributed by atoms with Crippen LogP contribution < -0.4 is 0 Å². The Labute approximate surface area is 148 Å². The largest absolute Gasteiger partial charge is 0.361 e. The molecule has 1 aromatic carbocycles. The molecule has 5 atom stereocenters. The molecule has 2 aromatic rings. The number of hydrogen-bond donors (Lipinski definition) is 1. The van der Waals surface area contributed by atoms with Gasteiger partial charge in [-0.1, -0.05) is 39.0 Å². The Kier molecular flexibility index (Phi) is 3.22. The van der Waals surface area contributed by atoms with E-state index in [-0.39, 0.29) is 28.2 Å². The van der Waals surface area contributed by atoms with Crippen LogP contribution >= 0.6 is 11.6 Å². The average molecular weight is 339 g/mol. The summed E-state index contributed by atoms with van der Waals surface area (Å²) in [6.45, 7) is 18.6. The van der Waals surface area contributed by atoms with Gasteiger partial charge in [-0.3, -0.25) is 0 Å². The molecule has 1 heterocycles. The zero-order valence-electron chi connectivity index (χ0n) is 14.4. The molecule has 0 amide bonds. The molecule has 1 N–H and O–H groups in total. The summed E-state index contributed by atoms with van der Waals surface area (Å²) in [7, 11) is 0. The van der Waals surface area contributed by atoms with E-state index in [1.54, 1.807) is 0 Å². The van der Waals surface area contributed by atoms with Crippen molar-refractivity contribution in [3.05, 3.63) is 59.6 Å². The van der Waals surface area contributed by atoms with Crippen molar-refractivity contribution >= 4 is 22.5 Å². The average Bonchev–Trinajstić information content (AvgIpc) is 2.99. The van der Waals surface area contributed by atoms with E-state index >= 15 is 0 Å². The van der Waals surface area contributed by atoms with Crippen molar-refractivity contribution in [3.63, 3.8) is 0 Å². The standard InChI is InChI=1S/C21H23ClN2/c1-6-21(4)10-12-13-11-24-15-9-7-8-14(16(13)15)20(2,3)17(12)18(23-5)19(21)22/h6-9,11-12,17-19,24H,1,10H2,2-4H3/t12-,17-,18+,19+,21+/m1/s1. The number of halogens is 1. The summed E-state index contributed by atoms with van der Waals surface area (Å²) in [6, 6.07) is 6.27. The number of fused-ring (bicyclic) bond motifs is 2. The molecule has 4 rings (SSSR count). The summed E-state index contributed by atoms with van der Waals surface area (Å²) in [5.74, 6) is 0.556. The molecule has 0 radical (unpaired) electrons. The van der Waals surface area contributed by atoms with Gasteiger partial charge in [-0.15, -0.1) is 18.2 Å². The molecule has 24 heavy (non-hydrogen) atoms. The van der Waals surface area contributed by atoms with Crippen molar-refractivity contribution in [1.82, 2.24) is 4.98 Å². The second-order valence-corrected chi connectivity index (χ2v) is 8.73. The Morgan fingerprint density at radius 2 is 2.12 bits per heavy atom. The lowest BCUT2D eigenvalue weighted by Gasteiger charge is -2.52. The third-order valence-electron chi connectivity index (χ3n) is 6.67. The number of aromatic amines is 1. The molecule has 124 valence electrons. The molecule has 1 saturated carbocycles. The van der Waals surface area contributed by atoms with Crippen LogP contribution in [0.3, 0.4) is 0 Å². The fourth-order valence-corrected chi connectivity index (χ4v) is 5.71. The number of hydrogen-bond acceptors (Lipinski definition) is 0. The Balaban J connectivity index is 2.01. The smallest absolute Gasteiger partial charge is 0.244 e. The first-order valence-electron chi connectivity index (χ1n) is 8.60. The molecule has 0 unspecified atom stereocenters. The van der Waals surface area contributed by atoms with Gasteiger partial charge in [-0.05, 0) is 29.5 Å². The summed E-state index contributed by atoms with van der Waals surface area (Å²) in [5, 5.41) is 1.15. The van der Waals surface area contributed by atoms with Crippen LogP contribution in [0.2, 0.25) is 0 Å². The van der Waals surface area contributed by atoms with E-state index in [0.29, 0.717) is 5.92 Å². The number of allylic oxidation sites excluding steroid dienone is 1. The number of aromatic nitrogens is 1. The minimum Gasteiger partial charge on any atom is -0.361 e. The topological polar surface area (TPSA) is 20.1 Å². The lowest BCUT2D eigenvalue weighted by molar-refractivity contribution is 0.124. The number of benzene rings is 1. The monoisotopic (exact) mass is 338 g/mol. The van der Waals surface area contributed by atoms with Gasteiger partial charge < -0.3 is 9.83 Å². The number of alkyl halides is 1. The predicted octanol–water partition coefficient (Wildman–Crippen LogP) is 5.65. The highest BCUT2D eigenvalue weighted by Gasteiger charge is 2.60. The minimum atomic E-state index is -0.218.